The Kier molecular flexibility index (Phi) is 5.50. The van der Waals surface area contributed by atoms with Gasteiger partial charge in [-0.1, -0.05) is 18.2 Å². The van der Waals surface area contributed by atoms with Gasteiger partial charge in [0.15, 0.2) is 0 Å². The molecule has 0 amide bonds. The number of methoxy groups -OCH3 is 1. The fraction of sp³-hybridized carbons (Fsp3) is 0.571. The fourth-order valence-electron chi connectivity index (χ4n) is 2.29. The average molecular weight is 267 g/mol. The standard InChI is InChI=1S/C14H21NO2S/c1-17-8-6-11(10-16)15-13-7-9-18-14-5-3-2-4-12(13)14/h2-5,11,13,15-16H,6-10H2,1H3. The van der Waals surface area contributed by atoms with E-state index in [0.29, 0.717) is 12.6 Å². The topological polar surface area (TPSA) is 41.5 Å². The second-order valence-electron chi connectivity index (χ2n) is 4.56. The van der Waals surface area contributed by atoms with Crippen LogP contribution in [-0.2, 0) is 4.74 Å². The molecule has 0 saturated heterocycles. The van der Waals surface area contributed by atoms with Gasteiger partial charge in [-0.3, -0.25) is 0 Å². The largest absolute Gasteiger partial charge is 0.395 e. The zero-order chi connectivity index (χ0) is 12.8. The minimum Gasteiger partial charge on any atom is -0.395 e. The summed E-state index contributed by atoms with van der Waals surface area (Å²) in [6.45, 7) is 0.844. The highest BCUT2D eigenvalue weighted by atomic mass is 32.2. The van der Waals surface area contributed by atoms with Gasteiger partial charge in [0.25, 0.3) is 0 Å². The molecule has 18 heavy (non-hydrogen) atoms. The summed E-state index contributed by atoms with van der Waals surface area (Å²) in [4.78, 5) is 1.37. The number of rotatable bonds is 6. The minimum atomic E-state index is 0.117. The van der Waals surface area contributed by atoms with Crippen LogP contribution in [0.4, 0.5) is 0 Å². The molecule has 0 fully saturated rings. The second-order valence-corrected chi connectivity index (χ2v) is 5.69. The molecule has 2 rings (SSSR count). The molecule has 0 saturated carbocycles. The maximum atomic E-state index is 9.41. The van der Waals surface area contributed by atoms with Gasteiger partial charge in [-0.25, -0.2) is 0 Å². The molecule has 1 aliphatic rings. The Labute approximate surface area is 113 Å². The van der Waals surface area contributed by atoms with E-state index in [1.165, 1.54) is 10.5 Å². The molecule has 0 bridgehead atoms. The number of ether oxygens (including phenoxy) is 1. The van der Waals surface area contributed by atoms with Crippen LogP contribution in [0.1, 0.15) is 24.4 Å². The van der Waals surface area contributed by atoms with E-state index in [2.05, 4.69) is 29.6 Å². The van der Waals surface area contributed by atoms with Crippen molar-refractivity contribution in [2.24, 2.45) is 0 Å². The second kappa shape index (κ2) is 7.14. The van der Waals surface area contributed by atoms with Gasteiger partial charge in [0, 0.05) is 30.7 Å². The summed E-state index contributed by atoms with van der Waals surface area (Å²) >= 11 is 1.92. The molecule has 4 heteroatoms. The van der Waals surface area contributed by atoms with Gasteiger partial charge in [0.1, 0.15) is 0 Å². The lowest BCUT2D eigenvalue weighted by Crippen LogP contribution is -2.37. The molecule has 2 unspecified atom stereocenters. The van der Waals surface area contributed by atoms with Gasteiger partial charge in [-0.05, 0) is 30.2 Å². The van der Waals surface area contributed by atoms with Crippen molar-refractivity contribution in [3.8, 4) is 0 Å². The smallest absolute Gasteiger partial charge is 0.0585 e. The molecule has 1 heterocycles. The van der Waals surface area contributed by atoms with Gasteiger partial charge in [-0.15, -0.1) is 11.8 Å². The summed E-state index contributed by atoms with van der Waals surface area (Å²) in [5, 5.41) is 13.0. The molecule has 0 aromatic heterocycles. The van der Waals surface area contributed by atoms with Crippen molar-refractivity contribution in [3.05, 3.63) is 29.8 Å². The van der Waals surface area contributed by atoms with Crippen LogP contribution in [0.15, 0.2) is 29.2 Å². The summed E-state index contributed by atoms with van der Waals surface area (Å²) in [6, 6.07) is 9.01. The third kappa shape index (κ3) is 3.48. The lowest BCUT2D eigenvalue weighted by atomic mass is 10.0. The molecule has 1 aromatic rings. The SMILES string of the molecule is COCCC(CO)NC1CCSc2ccccc21. The van der Waals surface area contributed by atoms with Crippen LogP contribution in [-0.4, -0.2) is 37.2 Å². The number of nitrogens with one attached hydrogen (secondary N) is 1. The van der Waals surface area contributed by atoms with E-state index in [0.717, 1.165) is 18.6 Å². The van der Waals surface area contributed by atoms with Crippen molar-refractivity contribution in [2.75, 3.05) is 26.1 Å². The normalized spacial score (nSPS) is 20.4. The van der Waals surface area contributed by atoms with Crippen molar-refractivity contribution in [1.29, 1.82) is 0 Å². The van der Waals surface area contributed by atoms with Crippen LogP contribution in [0.25, 0.3) is 0 Å². The fourth-order valence-corrected chi connectivity index (χ4v) is 3.41. The highest BCUT2D eigenvalue weighted by Gasteiger charge is 2.22. The first-order chi connectivity index (χ1) is 8.85. The van der Waals surface area contributed by atoms with E-state index in [-0.39, 0.29) is 12.6 Å². The van der Waals surface area contributed by atoms with Crippen LogP contribution < -0.4 is 5.32 Å². The number of aliphatic hydroxyl groups is 1. The highest BCUT2D eigenvalue weighted by Crippen LogP contribution is 2.36. The maximum absolute atomic E-state index is 9.41. The first kappa shape index (κ1) is 13.9. The van der Waals surface area contributed by atoms with Crippen molar-refractivity contribution >= 4 is 11.8 Å². The number of fused-ring (bicyclic) bond motifs is 1. The lowest BCUT2D eigenvalue weighted by molar-refractivity contribution is 0.154. The van der Waals surface area contributed by atoms with Gasteiger partial charge >= 0.3 is 0 Å². The quantitative estimate of drug-likeness (QED) is 0.829. The van der Waals surface area contributed by atoms with Crippen LogP contribution in [0.5, 0.6) is 0 Å². The Morgan fingerprint density at radius 1 is 1.50 bits per heavy atom. The molecule has 100 valence electrons. The third-order valence-electron chi connectivity index (χ3n) is 3.29. The Morgan fingerprint density at radius 3 is 3.11 bits per heavy atom. The lowest BCUT2D eigenvalue weighted by Gasteiger charge is -2.29. The van der Waals surface area contributed by atoms with Gasteiger partial charge in [0.05, 0.1) is 6.61 Å². The summed E-state index contributed by atoms with van der Waals surface area (Å²) < 4.78 is 5.08. The van der Waals surface area contributed by atoms with E-state index < -0.39 is 0 Å². The van der Waals surface area contributed by atoms with Gasteiger partial charge in [-0.2, -0.15) is 0 Å². The summed E-state index contributed by atoms with van der Waals surface area (Å²) in [6.07, 6.45) is 1.96. The molecule has 0 radical (unpaired) electrons. The predicted octanol–water partition coefficient (Wildman–Crippen LogP) is 2.21. The van der Waals surface area contributed by atoms with Crippen LogP contribution in [0, 0.1) is 0 Å². The number of aliphatic hydroxyl groups excluding tert-OH is 1. The van der Waals surface area contributed by atoms with Gasteiger partial charge in [0.2, 0.25) is 0 Å². The van der Waals surface area contributed by atoms with Crippen molar-refractivity contribution in [2.45, 2.75) is 29.8 Å². The summed E-state index contributed by atoms with van der Waals surface area (Å²) in [5.41, 5.74) is 1.37. The number of hydrogen-bond acceptors (Lipinski definition) is 4. The molecule has 2 N–H and O–H groups in total. The molecule has 1 aliphatic heterocycles. The van der Waals surface area contributed by atoms with Crippen molar-refractivity contribution in [3.63, 3.8) is 0 Å². The minimum absolute atomic E-state index is 0.117. The van der Waals surface area contributed by atoms with E-state index >= 15 is 0 Å². The number of benzene rings is 1. The van der Waals surface area contributed by atoms with E-state index in [1.54, 1.807) is 7.11 Å². The summed E-state index contributed by atoms with van der Waals surface area (Å²) in [5.74, 6) is 1.14. The molecule has 3 nitrogen and oxygen atoms in total. The zero-order valence-electron chi connectivity index (χ0n) is 10.8. The molecule has 2 atom stereocenters. The molecule has 1 aromatic carbocycles. The molecular weight excluding hydrogens is 246 g/mol. The third-order valence-corrected chi connectivity index (χ3v) is 4.41. The van der Waals surface area contributed by atoms with Crippen molar-refractivity contribution < 1.29 is 9.84 Å². The van der Waals surface area contributed by atoms with E-state index in [4.69, 9.17) is 4.74 Å². The zero-order valence-corrected chi connectivity index (χ0v) is 11.6. The Morgan fingerprint density at radius 2 is 2.33 bits per heavy atom. The first-order valence-corrected chi connectivity index (χ1v) is 7.41. The predicted molar refractivity (Wildman–Crippen MR) is 75.0 cm³/mol. The maximum Gasteiger partial charge on any atom is 0.0585 e. The first-order valence-electron chi connectivity index (χ1n) is 6.42. The average Bonchev–Trinajstić information content (AvgIpc) is 2.43. The molecule has 0 aliphatic carbocycles. The molecular formula is C14H21NO2S. The van der Waals surface area contributed by atoms with E-state index in [9.17, 15) is 5.11 Å². The highest BCUT2D eigenvalue weighted by molar-refractivity contribution is 7.99. The number of hydrogen-bond donors (Lipinski definition) is 2. The van der Waals surface area contributed by atoms with Crippen LogP contribution in [0.3, 0.4) is 0 Å². The summed E-state index contributed by atoms with van der Waals surface area (Å²) in [7, 11) is 1.70. The Bertz CT molecular complexity index is 373. The number of thioether (sulfide) groups is 1. The Hall–Kier alpha value is -0.550. The Balaban J connectivity index is 2.01. The van der Waals surface area contributed by atoms with E-state index in [1.807, 2.05) is 11.8 Å². The van der Waals surface area contributed by atoms with Gasteiger partial charge < -0.3 is 15.2 Å². The van der Waals surface area contributed by atoms with Crippen LogP contribution in [0.2, 0.25) is 0 Å². The molecule has 0 spiro atoms. The van der Waals surface area contributed by atoms with Crippen molar-refractivity contribution in [1.82, 2.24) is 5.32 Å². The van der Waals surface area contributed by atoms with Crippen LogP contribution >= 0.6 is 11.8 Å². The monoisotopic (exact) mass is 267 g/mol.